The molecule has 0 radical (unpaired) electrons. The molecule has 0 saturated carbocycles. The molecule has 0 fully saturated rings. The molecule has 1 atom stereocenters. The molecule has 1 aliphatic heterocycles. The highest BCUT2D eigenvalue weighted by atomic mass is 35.5. The number of carbonyl (C=O) groups excluding carboxylic acids is 2. The van der Waals surface area contributed by atoms with Crippen LogP contribution in [0.3, 0.4) is 0 Å². The van der Waals surface area contributed by atoms with Gasteiger partial charge in [0.25, 0.3) is 5.91 Å². The van der Waals surface area contributed by atoms with Crippen molar-refractivity contribution in [3.63, 3.8) is 0 Å². The number of hydrogen-bond acceptors (Lipinski definition) is 5. The van der Waals surface area contributed by atoms with Gasteiger partial charge >= 0.3 is 0 Å². The van der Waals surface area contributed by atoms with Crippen LogP contribution in [0.5, 0.6) is 5.75 Å². The highest BCUT2D eigenvalue weighted by Crippen LogP contribution is 2.33. The number of nitrogens with zero attached hydrogens (tertiary/aromatic N) is 2. The monoisotopic (exact) mass is 441 g/mol. The van der Waals surface area contributed by atoms with Crippen molar-refractivity contribution in [1.82, 2.24) is 10.3 Å². The average Bonchev–Trinajstić information content (AvgIpc) is 3.11. The van der Waals surface area contributed by atoms with Crippen LogP contribution < -0.4 is 15.0 Å². The van der Waals surface area contributed by atoms with Crippen LogP contribution in [0.25, 0.3) is 11.3 Å². The number of aryl methyl sites for hydroxylation is 1. The van der Waals surface area contributed by atoms with E-state index >= 15 is 0 Å². The van der Waals surface area contributed by atoms with E-state index in [-0.39, 0.29) is 18.4 Å². The van der Waals surface area contributed by atoms with Crippen molar-refractivity contribution in [3.05, 3.63) is 63.4 Å². The Morgan fingerprint density at radius 1 is 1.23 bits per heavy atom. The van der Waals surface area contributed by atoms with E-state index in [1.165, 1.54) is 16.2 Å². The lowest BCUT2D eigenvalue weighted by Gasteiger charge is -2.32. The number of carbonyl (C=O) groups is 2. The van der Waals surface area contributed by atoms with E-state index in [0.29, 0.717) is 23.0 Å². The summed E-state index contributed by atoms with van der Waals surface area (Å²) in [5.74, 6) is 0.104. The summed E-state index contributed by atoms with van der Waals surface area (Å²) in [7, 11) is 0. The Labute approximate surface area is 183 Å². The molecule has 2 amide bonds. The number of para-hydroxylation sites is 2. The van der Waals surface area contributed by atoms with Crippen LogP contribution in [0.4, 0.5) is 5.69 Å². The Morgan fingerprint density at radius 3 is 2.73 bits per heavy atom. The van der Waals surface area contributed by atoms with Crippen LogP contribution in [0.2, 0.25) is 5.02 Å². The number of rotatable bonds is 5. The standard InChI is InChI=1S/C22H20ClN3O3S/c1-13-22(28)26(17-5-3-4-6-18(17)29-13)12-19(27)24-11-20-25-21(14(2)30-20)15-7-9-16(23)10-8-15/h3-10,13H,11-12H2,1-2H3,(H,24,27). The third kappa shape index (κ3) is 4.17. The van der Waals surface area contributed by atoms with Gasteiger partial charge in [-0.15, -0.1) is 11.3 Å². The maximum absolute atomic E-state index is 12.6. The normalized spacial score (nSPS) is 15.5. The number of anilines is 1. The molecule has 4 rings (SSSR count). The molecule has 0 spiro atoms. The SMILES string of the molecule is Cc1sc(CNC(=O)CN2C(=O)C(C)Oc3ccccc32)nc1-c1ccc(Cl)cc1. The summed E-state index contributed by atoms with van der Waals surface area (Å²) >= 11 is 7.49. The molecular weight excluding hydrogens is 422 g/mol. The van der Waals surface area contributed by atoms with E-state index in [0.717, 1.165) is 21.1 Å². The van der Waals surface area contributed by atoms with Crippen LogP contribution in [-0.2, 0) is 16.1 Å². The number of benzene rings is 2. The Balaban J connectivity index is 1.43. The van der Waals surface area contributed by atoms with Gasteiger partial charge in [0.1, 0.15) is 17.3 Å². The molecule has 154 valence electrons. The third-order valence-electron chi connectivity index (χ3n) is 4.77. The predicted molar refractivity (Wildman–Crippen MR) is 118 cm³/mol. The maximum atomic E-state index is 12.6. The molecule has 1 aromatic heterocycles. The van der Waals surface area contributed by atoms with Gasteiger partial charge in [0.05, 0.1) is 17.9 Å². The molecule has 8 heteroatoms. The first-order chi connectivity index (χ1) is 14.4. The lowest BCUT2D eigenvalue weighted by Crippen LogP contribution is -2.48. The molecule has 2 heterocycles. The molecule has 1 aliphatic rings. The van der Waals surface area contributed by atoms with Crippen LogP contribution >= 0.6 is 22.9 Å². The van der Waals surface area contributed by atoms with Crippen LogP contribution in [0.1, 0.15) is 16.8 Å². The Hall–Kier alpha value is -2.90. The van der Waals surface area contributed by atoms with Crippen molar-refractivity contribution < 1.29 is 14.3 Å². The number of amides is 2. The van der Waals surface area contributed by atoms with Gasteiger partial charge in [-0.05, 0) is 38.1 Å². The van der Waals surface area contributed by atoms with Gasteiger partial charge in [0, 0.05) is 15.5 Å². The molecular formula is C22H20ClN3O3S. The number of thiazole rings is 1. The third-order valence-corrected chi connectivity index (χ3v) is 5.99. The fourth-order valence-corrected chi connectivity index (χ4v) is 4.32. The zero-order valence-corrected chi connectivity index (χ0v) is 18.1. The van der Waals surface area contributed by atoms with E-state index in [1.807, 2.05) is 43.3 Å². The van der Waals surface area contributed by atoms with E-state index in [9.17, 15) is 9.59 Å². The summed E-state index contributed by atoms with van der Waals surface area (Å²) in [6.07, 6.45) is -0.628. The lowest BCUT2D eigenvalue weighted by atomic mass is 10.1. The Kier molecular flexibility index (Phi) is 5.74. The van der Waals surface area contributed by atoms with Crippen molar-refractivity contribution in [2.45, 2.75) is 26.5 Å². The van der Waals surface area contributed by atoms with Gasteiger partial charge in [-0.1, -0.05) is 35.9 Å². The largest absolute Gasteiger partial charge is 0.479 e. The average molecular weight is 442 g/mol. The van der Waals surface area contributed by atoms with Crippen molar-refractivity contribution in [2.75, 3.05) is 11.4 Å². The first-order valence-corrected chi connectivity index (χ1v) is 10.7. The first kappa shape index (κ1) is 20.4. The van der Waals surface area contributed by atoms with Crippen LogP contribution in [0.15, 0.2) is 48.5 Å². The number of aromatic nitrogens is 1. The van der Waals surface area contributed by atoms with Gasteiger partial charge < -0.3 is 10.1 Å². The Bertz CT molecular complexity index is 1100. The minimum atomic E-state index is -0.628. The zero-order chi connectivity index (χ0) is 21.3. The second-order valence-electron chi connectivity index (χ2n) is 6.95. The molecule has 1 unspecified atom stereocenters. The van der Waals surface area contributed by atoms with E-state index in [1.54, 1.807) is 19.1 Å². The van der Waals surface area contributed by atoms with Crippen LogP contribution in [-0.4, -0.2) is 29.4 Å². The number of hydrogen-bond donors (Lipinski definition) is 1. The fourth-order valence-electron chi connectivity index (χ4n) is 3.30. The van der Waals surface area contributed by atoms with Crippen LogP contribution in [0, 0.1) is 6.92 Å². The summed E-state index contributed by atoms with van der Waals surface area (Å²) in [5.41, 5.74) is 2.47. The molecule has 0 bridgehead atoms. The second-order valence-corrected chi connectivity index (χ2v) is 8.67. The number of ether oxygens (including phenoxy) is 1. The van der Waals surface area contributed by atoms with Crippen molar-refractivity contribution in [1.29, 1.82) is 0 Å². The molecule has 0 aliphatic carbocycles. The quantitative estimate of drug-likeness (QED) is 0.644. The molecule has 0 saturated heterocycles. The Morgan fingerprint density at radius 2 is 1.97 bits per heavy atom. The second kappa shape index (κ2) is 8.45. The van der Waals surface area contributed by atoms with Crippen molar-refractivity contribution in [3.8, 4) is 17.0 Å². The van der Waals surface area contributed by atoms with Crippen molar-refractivity contribution >= 4 is 40.4 Å². The van der Waals surface area contributed by atoms with Gasteiger partial charge in [0.2, 0.25) is 5.91 Å². The fraction of sp³-hybridized carbons (Fsp3) is 0.227. The van der Waals surface area contributed by atoms with E-state index in [4.69, 9.17) is 16.3 Å². The smallest absolute Gasteiger partial charge is 0.268 e. The summed E-state index contributed by atoms with van der Waals surface area (Å²) in [6.45, 7) is 3.91. The molecule has 2 aromatic carbocycles. The van der Waals surface area contributed by atoms with Gasteiger partial charge in [-0.25, -0.2) is 4.98 Å². The first-order valence-electron chi connectivity index (χ1n) is 9.48. The van der Waals surface area contributed by atoms with Gasteiger partial charge in [0.15, 0.2) is 6.10 Å². The number of halogens is 1. The highest BCUT2D eigenvalue weighted by Gasteiger charge is 2.32. The molecule has 30 heavy (non-hydrogen) atoms. The van der Waals surface area contributed by atoms with Gasteiger partial charge in [-0.3, -0.25) is 14.5 Å². The topological polar surface area (TPSA) is 71.5 Å². The summed E-state index contributed by atoms with van der Waals surface area (Å²) in [6, 6.07) is 14.7. The number of nitrogens with one attached hydrogen (secondary N) is 1. The molecule has 3 aromatic rings. The van der Waals surface area contributed by atoms with Crippen molar-refractivity contribution in [2.24, 2.45) is 0 Å². The summed E-state index contributed by atoms with van der Waals surface area (Å²) in [4.78, 5) is 32.3. The predicted octanol–water partition coefficient (Wildman–Crippen LogP) is 4.20. The number of fused-ring (bicyclic) bond motifs is 1. The summed E-state index contributed by atoms with van der Waals surface area (Å²) < 4.78 is 5.61. The zero-order valence-electron chi connectivity index (χ0n) is 16.5. The van der Waals surface area contributed by atoms with Gasteiger partial charge in [-0.2, -0.15) is 0 Å². The van der Waals surface area contributed by atoms with E-state index in [2.05, 4.69) is 10.3 Å². The molecule has 6 nitrogen and oxygen atoms in total. The maximum Gasteiger partial charge on any atom is 0.268 e. The minimum Gasteiger partial charge on any atom is -0.479 e. The molecule has 1 N–H and O–H groups in total. The van der Waals surface area contributed by atoms with E-state index < -0.39 is 6.10 Å². The summed E-state index contributed by atoms with van der Waals surface area (Å²) in [5, 5.41) is 4.34. The minimum absolute atomic E-state index is 0.0715. The highest BCUT2D eigenvalue weighted by molar-refractivity contribution is 7.12. The lowest BCUT2D eigenvalue weighted by molar-refractivity contribution is -0.128.